The number of likely N-dealkylation sites (tertiary alicyclic amines) is 1. The van der Waals surface area contributed by atoms with Gasteiger partial charge in [0, 0.05) is 30.6 Å². The number of rotatable bonds is 3. The van der Waals surface area contributed by atoms with Gasteiger partial charge < -0.3 is 10.4 Å². The van der Waals surface area contributed by atoms with Crippen LogP contribution in [0.3, 0.4) is 0 Å². The van der Waals surface area contributed by atoms with Crippen molar-refractivity contribution in [3.63, 3.8) is 0 Å². The third kappa shape index (κ3) is 3.44. The van der Waals surface area contributed by atoms with Crippen LogP contribution < -0.4 is 5.32 Å². The fourth-order valence-corrected chi connectivity index (χ4v) is 4.12. The Labute approximate surface area is 147 Å². The van der Waals surface area contributed by atoms with Gasteiger partial charge in [-0.25, -0.2) is 9.97 Å². The topological polar surface area (TPSA) is 85.1 Å². The molecule has 0 spiro atoms. The number of benzene rings is 1. The lowest BCUT2D eigenvalue weighted by molar-refractivity contribution is 0.140. The average molecular weight is 337 g/mol. The Kier molecular flexibility index (Phi) is 4.51. The summed E-state index contributed by atoms with van der Waals surface area (Å²) in [5.41, 5.74) is 1.48. The first-order chi connectivity index (χ1) is 12.2. The van der Waals surface area contributed by atoms with Crippen LogP contribution in [0.4, 0.5) is 5.82 Å². The predicted molar refractivity (Wildman–Crippen MR) is 96.1 cm³/mol. The van der Waals surface area contributed by atoms with Crippen LogP contribution in [0, 0.1) is 11.3 Å². The van der Waals surface area contributed by atoms with Crippen LogP contribution in [-0.2, 0) is 0 Å². The summed E-state index contributed by atoms with van der Waals surface area (Å²) in [6.45, 7) is 1.85. The fraction of sp³-hybridized carbons (Fsp3) is 0.526. The number of nitrogens with zero attached hydrogens (tertiary/aromatic N) is 4. The molecule has 0 amide bonds. The molecule has 0 radical (unpaired) electrons. The smallest absolute Gasteiger partial charge is 0.137 e. The van der Waals surface area contributed by atoms with E-state index in [0.717, 1.165) is 61.9 Å². The Morgan fingerprint density at radius 3 is 2.72 bits per heavy atom. The lowest BCUT2D eigenvalue weighted by Crippen LogP contribution is -2.39. The van der Waals surface area contributed by atoms with Crippen LogP contribution >= 0.6 is 0 Å². The zero-order chi connectivity index (χ0) is 17.2. The summed E-state index contributed by atoms with van der Waals surface area (Å²) < 4.78 is 0. The van der Waals surface area contributed by atoms with Crippen LogP contribution in [0.1, 0.15) is 37.7 Å². The molecule has 1 aromatic heterocycles. The highest BCUT2D eigenvalue weighted by molar-refractivity contribution is 5.89. The first kappa shape index (κ1) is 16.2. The lowest BCUT2D eigenvalue weighted by Gasteiger charge is -2.35. The number of fused-ring (bicyclic) bond motifs is 1. The van der Waals surface area contributed by atoms with Crippen LogP contribution in [-0.4, -0.2) is 51.3 Å². The minimum Gasteiger partial charge on any atom is -0.392 e. The Morgan fingerprint density at radius 2 is 2.00 bits per heavy atom. The van der Waals surface area contributed by atoms with Crippen molar-refractivity contribution < 1.29 is 5.11 Å². The van der Waals surface area contributed by atoms with Crippen LogP contribution in [0.5, 0.6) is 0 Å². The maximum absolute atomic E-state index is 9.73. The van der Waals surface area contributed by atoms with Gasteiger partial charge in [0.1, 0.15) is 12.1 Å². The highest BCUT2D eigenvalue weighted by Gasteiger charge is 2.30. The summed E-state index contributed by atoms with van der Waals surface area (Å²) >= 11 is 0. The van der Waals surface area contributed by atoms with E-state index in [1.807, 2.05) is 12.1 Å². The van der Waals surface area contributed by atoms with Crippen LogP contribution in [0.15, 0.2) is 24.5 Å². The van der Waals surface area contributed by atoms with Crippen molar-refractivity contribution in [2.24, 2.45) is 0 Å². The molecule has 130 valence electrons. The van der Waals surface area contributed by atoms with Crippen molar-refractivity contribution in [3.8, 4) is 6.07 Å². The maximum atomic E-state index is 9.73. The number of anilines is 1. The van der Waals surface area contributed by atoms with Gasteiger partial charge in [-0.1, -0.05) is 0 Å². The summed E-state index contributed by atoms with van der Waals surface area (Å²) in [5.74, 6) is 0.821. The average Bonchev–Trinajstić information content (AvgIpc) is 3.09. The van der Waals surface area contributed by atoms with E-state index in [-0.39, 0.29) is 6.10 Å². The molecule has 2 aliphatic rings. The van der Waals surface area contributed by atoms with E-state index in [4.69, 9.17) is 5.26 Å². The summed E-state index contributed by atoms with van der Waals surface area (Å²) in [6.07, 6.45) is 6.84. The quantitative estimate of drug-likeness (QED) is 0.894. The van der Waals surface area contributed by atoms with Crippen molar-refractivity contribution in [3.05, 3.63) is 30.1 Å². The van der Waals surface area contributed by atoms with Gasteiger partial charge in [0.2, 0.25) is 0 Å². The van der Waals surface area contributed by atoms with Crippen molar-refractivity contribution in [2.75, 3.05) is 18.4 Å². The van der Waals surface area contributed by atoms with Gasteiger partial charge in [0.05, 0.1) is 23.3 Å². The van der Waals surface area contributed by atoms with Crippen LogP contribution in [0.25, 0.3) is 10.9 Å². The number of aromatic nitrogens is 2. The summed E-state index contributed by atoms with van der Waals surface area (Å²) in [4.78, 5) is 11.1. The van der Waals surface area contributed by atoms with Gasteiger partial charge in [-0.3, -0.25) is 4.90 Å². The highest BCUT2D eigenvalue weighted by atomic mass is 16.3. The molecule has 1 aromatic carbocycles. The normalized spacial score (nSPS) is 27.3. The Bertz CT molecular complexity index is 794. The Hall–Kier alpha value is -2.23. The Balaban J connectivity index is 1.43. The number of β-amino-alcohol motifs (C(OH)–C–C–N with tert-alkyl or cyclic N) is 1. The number of hydrogen-bond acceptors (Lipinski definition) is 6. The first-order valence-corrected chi connectivity index (χ1v) is 9.06. The molecule has 2 N–H and O–H groups in total. The van der Waals surface area contributed by atoms with Gasteiger partial charge in [-0.15, -0.1) is 0 Å². The second kappa shape index (κ2) is 6.95. The number of nitriles is 1. The van der Waals surface area contributed by atoms with Crippen LogP contribution in [0.2, 0.25) is 0 Å². The summed E-state index contributed by atoms with van der Waals surface area (Å²) in [5, 5.41) is 23.3. The molecule has 1 atom stereocenters. The molecule has 1 saturated heterocycles. The summed E-state index contributed by atoms with van der Waals surface area (Å²) in [6, 6.07) is 8.69. The molecule has 25 heavy (non-hydrogen) atoms. The number of aliphatic hydroxyl groups is 1. The third-order valence-corrected chi connectivity index (χ3v) is 5.51. The molecule has 1 aliphatic heterocycles. The molecule has 1 saturated carbocycles. The molecule has 6 nitrogen and oxygen atoms in total. The predicted octanol–water partition coefficient (Wildman–Crippen LogP) is 2.29. The van der Waals surface area contributed by atoms with E-state index in [1.54, 1.807) is 12.4 Å². The lowest BCUT2D eigenvalue weighted by atomic mass is 9.90. The SMILES string of the molecule is N#Cc1ccc2ncnc(NC3CCC(N4CCC(O)C4)CC3)c2c1. The van der Waals surface area contributed by atoms with Gasteiger partial charge in [0.15, 0.2) is 0 Å². The van der Waals surface area contributed by atoms with Crippen molar-refractivity contribution in [1.82, 2.24) is 14.9 Å². The van der Waals surface area contributed by atoms with Gasteiger partial charge in [-0.05, 0) is 50.3 Å². The standard InChI is InChI=1S/C19H23N5O/c20-10-13-1-6-18-17(9-13)19(22-12-21-18)23-14-2-4-15(5-3-14)24-8-7-16(25)11-24/h1,6,9,12,14-16,25H,2-5,7-8,11H2,(H,21,22,23). The van der Waals surface area contributed by atoms with Crippen molar-refractivity contribution in [1.29, 1.82) is 5.26 Å². The minimum absolute atomic E-state index is 0.141. The second-order valence-corrected chi connectivity index (χ2v) is 7.15. The molecule has 0 bridgehead atoms. The van der Waals surface area contributed by atoms with Gasteiger partial charge in [-0.2, -0.15) is 5.26 Å². The van der Waals surface area contributed by atoms with Gasteiger partial charge >= 0.3 is 0 Å². The Morgan fingerprint density at radius 1 is 1.16 bits per heavy atom. The molecule has 1 unspecified atom stereocenters. The van der Waals surface area contributed by atoms with E-state index in [1.165, 1.54) is 0 Å². The van der Waals surface area contributed by atoms with Crippen molar-refractivity contribution in [2.45, 2.75) is 50.3 Å². The third-order valence-electron chi connectivity index (χ3n) is 5.51. The largest absolute Gasteiger partial charge is 0.392 e. The number of aliphatic hydroxyl groups excluding tert-OH is 1. The molecular weight excluding hydrogens is 314 g/mol. The number of nitrogens with one attached hydrogen (secondary N) is 1. The fourth-order valence-electron chi connectivity index (χ4n) is 4.12. The first-order valence-electron chi connectivity index (χ1n) is 9.06. The monoisotopic (exact) mass is 337 g/mol. The van der Waals surface area contributed by atoms with Crippen molar-refractivity contribution >= 4 is 16.7 Å². The second-order valence-electron chi connectivity index (χ2n) is 7.15. The van der Waals surface area contributed by atoms with E-state index in [2.05, 4.69) is 26.3 Å². The molecule has 2 aromatic rings. The van der Waals surface area contributed by atoms with E-state index >= 15 is 0 Å². The minimum atomic E-state index is -0.141. The maximum Gasteiger partial charge on any atom is 0.137 e. The molecule has 2 heterocycles. The van der Waals surface area contributed by atoms with E-state index < -0.39 is 0 Å². The summed E-state index contributed by atoms with van der Waals surface area (Å²) in [7, 11) is 0. The molecule has 6 heteroatoms. The highest BCUT2D eigenvalue weighted by Crippen LogP contribution is 2.29. The van der Waals surface area contributed by atoms with E-state index in [9.17, 15) is 5.11 Å². The zero-order valence-corrected chi connectivity index (χ0v) is 14.2. The molecule has 4 rings (SSSR count). The molecular formula is C19H23N5O. The van der Waals surface area contributed by atoms with E-state index in [0.29, 0.717) is 17.6 Å². The molecule has 2 fully saturated rings. The molecule has 1 aliphatic carbocycles. The zero-order valence-electron chi connectivity index (χ0n) is 14.2. The van der Waals surface area contributed by atoms with Gasteiger partial charge in [0.25, 0.3) is 0 Å². The number of hydrogen-bond donors (Lipinski definition) is 2.